The van der Waals surface area contributed by atoms with Crippen LogP contribution >= 0.6 is 0 Å². The lowest BCUT2D eigenvalue weighted by molar-refractivity contribution is -0.0495. The molecule has 1 aliphatic heterocycles. The molecule has 0 atom stereocenters. The molecular formula is C26H31BF2N2O5. The Hall–Kier alpha value is -3.16. The first-order valence-corrected chi connectivity index (χ1v) is 11.5. The van der Waals surface area contributed by atoms with Gasteiger partial charge in [0.25, 0.3) is 0 Å². The summed E-state index contributed by atoms with van der Waals surface area (Å²) in [4.78, 5) is 14.4. The predicted octanol–water partition coefficient (Wildman–Crippen LogP) is 5.56. The molecule has 0 radical (unpaired) electrons. The van der Waals surface area contributed by atoms with Crippen molar-refractivity contribution in [3.8, 4) is 11.8 Å². The van der Waals surface area contributed by atoms with Crippen molar-refractivity contribution in [2.24, 2.45) is 0 Å². The number of anilines is 1. The molecule has 3 rings (SSSR count). The number of benzene rings is 2. The maximum atomic E-state index is 13.4. The quantitative estimate of drug-likeness (QED) is 0.382. The van der Waals surface area contributed by atoms with Crippen molar-refractivity contribution < 1.29 is 32.4 Å². The summed E-state index contributed by atoms with van der Waals surface area (Å²) in [5.74, 6) is -0.250. The molecule has 0 spiro atoms. The Bertz CT molecular complexity index is 1200. The first-order chi connectivity index (χ1) is 16.5. The maximum Gasteiger partial charge on any atom is 0.494 e. The number of hydrogen-bond acceptors (Lipinski definition) is 6. The van der Waals surface area contributed by atoms with Gasteiger partial charge >= 0.3 is 19.8 Å². The standard InChI is InChI=1S/C26H31BF2N2O5/c1-16(14-30)15-31(23(32)34-24(2,3)4)21-19-13-18(27-35-25(5,6)26(7,8)36-27)11-9-17(19)10-12-20(21)33-22(28)29/h9-13,22H,1,15H2,2-8H3. The molecule has 0 bridgehead atoms. The van der Waals surface area contributed by atoms with Crippen molar-refractivity contribution in [2.75, 3.05) is 11.4 Å². The van der Waals surface area contributed by atoms with Crippen LogP contribution in [0.5, 0.6) is 5.75 Å². The van der Waals surface area contributed by atoms with E-state index < -0.39 is 36.6 Å². The Morgan fingerprint density at radius 3 is 2.28 bits per heavy atom. The molecule has 36 heavy (non-hydrogen) atoms. The molecule has 1 saturated heterocycles. The van der Waals surface area contributed by atoms with Gasteiger partial charge in [-0.25, -0.2) is 4.79 Å². The van der Waals surface area contributed by atoms with Gasteiger partial charge in [0, 0.05) is 11.0 Å². The molecule has 0 saturated carbocycles. The van der Waals surface area contributed by atoms with Gasteiger partial charge in [0.2, 0.25) is 0 Å². The summed E-state index contributed by atoms with van der Waals surface area (Å²) in [5, 5.41) is 10.4. The third-order valence-corrected chi connectivity index (χ3v) is 6.11. The van der Waals surface area contributed by atoms with Crippen LogP contribution in [-0.4, -0.2) is 43.2 Å². The number of alkyl halides is 2. The van der Waals surface area contributed by atoms with E-state index in [4.69, 9.17) is 18.8 Å². The van der Waals surface area contributed by atoms with Gasteiger partial charge in [0.1, 0.15) is 5.60 Å². The smallest absolute Gasteiger partial charge is 0.443 e. The molecule has 2 aromatic rings. The number of amides is 1. The monoisotopic (exact) mass is 500 g/mol. The summed E-state index contributed by atoms with van der Waals surface area (Å²) in [6.07, 6.45) is -0.841. The minimum atomic E-state index is -3.15. The average molecular weight is 500 g/mol. The topological polar surface area (TPSA) is 81.0 Å². The van der Waals surface area contributed by atoms with E-state index in [1.807, 2.05) is 39.8 Å². The molecule has 192 valence electrons. The molecular weight excluding hydrogens is 469 g/mol. The number of nitrogens with zero attached hydrogens (tertiary/aromatic N) is 2. The fraction of sp³-hybridized carbons (Fsp3) is 0.462. The number of rotatable bonds is 6. The highest BCUT2D eigenvalue weighted by molar-refractivity contribution is 6.62. The minimum Gasteiger partial charge on any atom is -0.443 e. The number of carbonyl (C=O) groups excluding carboxylic acids is 1. The number of fused-ring (bicyclic) bond motifs is 1. The maximum absolute atomic E-state index is 13.4. The van der Waals surface area contributed by atoms with Gasteiger partial charge in [-0.2, -0.15) is 14.0 Å². The van der Waals surface area contributed by atoms with Crippen LogP contribution in [0.25, 0.3) is 10.8 Å². The van der Waals surface area contributed by atoms with E-state index in [0.717, 1.165) is 4.90 Å². The lowest BCUT2D eigenvalue weighted by atomic mass is 9.78. The molecule has 2 aromatic carbocycles. The summed E-state index contributed by atoms with van der Waals surface area (Å²) < 4.78 is 49.4. The lowest BCUT2D eigenvalue weighted by Gasteiger charge is -2.32. The molecule has 10 heteroatoms. The highest BCUT2D eigenvalue weighted by atomic mass is 19.3. The van der Waals surface area contributed by atoms with Crippen LogP contribution in [0.3, 0.4) is 0 Å². The number of ether oxygens (including phenoxy) is 2. The van der Waals surface area contributed by atoms with Crippen molar-refractivity contribution >= 4 is 35.1 Å². The van der Waals surface area contributed by atoms with E-state index in [-0.39, 0.29) is 23.6 Å². The van der Waals surface area contributed by atoms with Crippen molar-refractivity contribution in [3.63, 3.8) is 0 Å². The van der Waals surface area contributed by atoms with Crippen molar-refractivity contribution in [2.45, 2.75) is 71.9 Å². The van der Waals surface area contributed by atoms with Gasteiger partial charge in [-0.3, -0.25) is 4.90 Å². The Labute approximate surface area is 210 Å². The first kappa shape index (κ1) is 27.4. The number of nitriles is 1. The van der Waals surface area contributed by atoms with Crippen LogP contribution in [0, 0.1) is 11.3 Å². The molecule has 0 aromatic heterocycles. The molecule has 1 aliphatic rings. The van der Waals surface area contributed by atoms with Crippen LogP contribution < -0.4 is 15.1 Å². The van der Waals surface area contributed by atoms with Crippen LogP contribution in [-0.2, 0) is 14.0 Å². The summed E-state index contributed by atoms with van der Waals surface area (Å²) in [5.41, 5.74) is -1.39. The van der Waals surface area contributed by atoms with E-state index in [0.29, 0.717) is 16.2 Å². The van der Waals surface area contributed by atoms with Gasteiger partial charge in [-0.15, -0.1) is 0 Å². The van der Waals surface area contributed by atoms with Crippen molar-refractivity contribution in [3.05, 3.63) is 42.5 Å². The normalized spacial score (nSPS) is 16.6. The summed E-state index contributed by atoms with van der Waals surface area (Å²) in [6, 6.07) is 10.1. The SMILES string of the molecule is C=C(C#N)CN(C(=O)OC(C)(C)C)c1c(OC(F)F)ccc2ccc(B3OC(C)(C)C(C)(C)O3)cc12. The summed E-state index contributed by atoms with van der Waals surface area (Å²) >= 11 is 0. The highest BCUT2D eigenvalue weighted by Crippen LogP contribution is 2.40. The Morgan fingerprint density at radius 1 is 1.17 bits per heavy atom. The first-order valence-electron chi connectivity index (χ1n) is 11.5. The Morgan fingerprint density at radius 2 is 1.75 bits per heavy atom. The predicted molar refractivity (Wildman–Crippen MR) is 135 cm³/mol. The highest BCUT2D eigenvalue weighted by Gasteiger charge is 2.51. The lowest BCUT2D eigenvalue weighted by Crippen LogP contribution is -2.41. The van der Waals surface area contributed by atoms with Crippen LogP contribution in [0.4, 0.5) is 19.3 Å². The zero-order chi connectivity index (χ0) is 27.1. The van der Waals surface area contributed by atoms with E-state index in [1.54, 1.807) is 39.0 Å². The van der Waals surface area contributed by atoms with Crippen LogP contribution in [0.2, 0.25) is 0 Å². The largest absolute Gasteiger partial charge is 0.494 e. The summed E-state index contributed by atoms with van der Waals surface area (Å²) in [6.45, 7) is 13.0. The Kier molecular flexibility index (Phi) is 7.40. The van der Waals surface area contributed by atoms with E-state index >= 15 is 0 Å². The average Bonchev–Trinajstić information content (AvgIpc) is 2.97. The van der Waals surface area contributed by atoms with Gasteiger partial charge in [0.15, 0.2) is 5.75 Å². The summed E-state index contributed by atoms with van der Waals surface area (Å²) in [7, 11) is -0.726. The second kappa shape index (κ2) is 9.71. The zero-order valence-electron chi connectivity index (χ0n) is 21.6. The fourth-order valence-corrected chi connectivity index (χ4v) is 3.67. The third-order valence-electron chi connectivity index (χ3n) is 6.11. The minimum absolute atomic E-state index is 0.0248. The van der Waals surface area contributed by atoms with Crippen molar-refractivity contribution in [1.82, 2.24) is 0 Å². The number of halogens is 2. The molecule has 7 nitrogen and oxygen atoms in total. The molecule has 1 heterocycles. The molecule has 0 unspecified atom stereocenters. The van der Waals surface area contributed by atoms with Gasteiger partial charge in [-0.1, -0.05) is 30.8 Å². The number of carbonyl (C=O) groups is 1. The van der Waals surface area contributed by atoms with Gasteiger partial charge in [0.05, 0.1) is 29.5 Å². The molecule has 0 N–H and O–H groups in total. The molecule has 1 amide bonds. The van der Waals surface area contributed by atoms with Crippen LogP contribution in [0.1, 0.15) is 48.5 Å². The van der Waals surface area contributed by atoms with Gasteiger partial charge in [-0.05, 0) is 65.4 Å². The van der Waals surface area contributed by atoms with E-state index in [1.165, 1.54) is 6.07 Å². The van der Waals surface area contributed by atoms with E-state index in [2.05, 4.69) is 6.58 Å². The third kappa shape index (κ3) is 5.80. The zero-order valence-corrected chi connectivity index (χ0v) is 21.6. The van der Waals surface area contributed by atoms with E-state index in [9.17, 15) is 18.8 Å². The van der Waals surface area contributed by atoms with Gasteiger partial charge < -0.3 is 18.8 Å². The Balaban J connectivity index is 2.23. The molecule has 0 aliphatic carbocycles. The van der Waals surface area contributed by atoms with Crippen molar-refractivity contribution in [1.29, 1.82) is 5.26 Å². The molecule has 1 fully saturated rings. The second-order valence-corrected chi connectivity index (χ2v) is 10.6. The van der Waals surface area contributed by atoms with Crippen LogP contribution in [0.15, 0.2) is 42.5 Å². The number of hydrogen-bond donors (Lipinski definition) is 0. The second-order valence-electron chi connectivity index (χ2n) is 10.6. The fourth-order valence-electron chi connectivity index (χ4n) is 3.67.